The van der Waals surface area contributed by atoms with Crippen molar-refractivity contribution in [1.29, 1.82) is 0 Å². The van der Waals surface area contributed by atoms with Crippen molar-refractivity contribution in [3.05, 3.63) is 69.7 Å². The fraction of sp³-hybridized carbons (Fsp3) is 0.676. The molecule has 12 amide bonds. The molecule has 1 aliphatic carbocycles. The first-order valence-electron chi connectivity index (χ1n) is 36.8. The minimum absolute atomic E-state index is 0.00691. The van der Waals surface area contributed by atoms with Crippen LogP contribution in [0, 0.1) is 17.8 Å². The van der Waals surface area contributed by atoms with Gasteiger partial charge in [-0.3, -0.25) is 57.5 Å². The number of aryl methyl sites for hydroxylation is 1. The largest absolute Gasteiger partial charge is 0.417 e. The minimum Gasteiger partial charge on any atom is -0.378 e. The van der Waals surface area contributed by atoms with Crippen molar-refractivity contribution in [3.63, 3.8) is 0 Å². The zero-order valence-corrected chi connectivity index (χ0v) is 63.8. The molecule has 4 saturated heterocycles. The Hall–Kier alpha value is -8.09. The summed E-state index contributed by atoms with van der Waals surface area (Å²) in [4.78, 5) is 192. The molecule has 0 bridgehead atoms. The molecular weight excluding hydrogens is 1410 g/mol. The van der Waals surface area contributed by atoms with Crippen molar-refractivity contribution in [1.82, 2.24) is 60.0 Å². The zero-order valence-electron chi connectivity index (χ0n) is 63.0. The minimum atomic E-state index is -4.82. The van der Waals surface area contributed by atoms with Gasteiger partial charge in [0.15, 0.2) is 0 Å². The molecule has 0 radical (unpaired) electrons. The van der Waals surface area contributed by atoms with Gasteiger partial charge in [0.25, 0.3) is 0 Å². The summed E-state index contributed by atoms with van der Waals surface area (Å²) >= 11 is 6.14. The van der Waals surface area contributed by atoms with Crippen molar-refractivity contribution in [2.75, 3.05) is 87.7 Å². The van der Waals surface area contributed by atoms with E-state index in [1.165, 1.54) is 73.6 Å². The van der Waals surface area contributed by atoms with Crippen molar-refractivity contribution in [2.24, 2.45) is 17.8 Å². The number of ether oxygens (including phenoxy) is 1. The second kappa shape index (κ2) is 36.2. The molecule has 32 heteroatoms. The van der Waals surface area contributed by atoms with E-state index in [-0.39, 0.29) is 114 Å². The number of fused-ring (bicyclic) bond motifs is 2. The van der Waals surface area contributed by atoms with E-state index in [1.807, 2.05) is 13.8 Å². The van der Waals surface area contributed by atoms with Gasteiger partial charge >= 0.3 is 12.4 Å². The highest BCUT2D eigenvalue weighted by Gasteiger charge is 2.52. The molecule has 4 heterocycles. The normalized spacial score (nSPS) is 26.3. The van der Waals surface area contributed by atoms with Gasteiger partial charge in [0, 0.05) is 74.4 Å². The quantitative estimate of drug-likeness (QED) is 0.196. The van der Waals surface area contributed by atoms with Crippen LogP contribution in [0.1, 0.15) is 155 Å². The number of morpholine rings is 1. The highest BCUT2D eigenvalue weighted by molar-refractivity contribution is 6.31. The fourth-order valence-corrected chi connectivity index (χ4v) is 15.2. The highest BCUT2D eigenvalue weighted by atomic mass is 35.5. The van der Waals surface area contributed by atoms with E-state index in [0.717, 1.165) is 62.1 Å². The first-order chi connectivity index (χ1) is 49.7. The number of rotatable bonds is 13. The Balaban J connectivity index is 1.32. The van der Waals surface area contributed by atoms with Crippen LogP contribution < -0.4 is 16.0 Å². The highest BCUT2D eigenvalue weighted by Crippen LogP contribution is 2.38. The average molecular weight is 1520 g/mol. The first kappa shape index (κ1) is 85.2. The number of hydrogen-bond acceptors (Lipinski definition) is 13. The van der Waals surface area contributed by atoms with E-state index >= 15 is 33.6 Å². The number of alkyl halides is 6. The lowest BCUT2D eigenvalue weighted by atomic mass is 9.90. The van der Waals surface area contributed by atoms with Crippen LogP contribution in [0.5, 0.6) is 0 Å². The molecule has 25 nitrogen and oxygen atoms in total. The van der Waals surface area contributed by atoms with Crippen LogP contribution in [-0.4, -0.2) is 263 Å². The van der Waals surface area contributed by atoms with Crippen LogP contribution in [-0.2, 0) is 87.5 Å². The van der Waals surface area contributed by atoms with E-state index < -0.39 is 191 Å². The van der Waals surface area contributed by atoms with Crippen LogP contribution in [0.25, 0.3) is 0 Å². The van der Waals surface area contributed by atoms with Crippen LogP contribution in [0.4, 0.5) is 26.3 Å². The summed E-state index contributed by atoms with van der Waals surface area (Å²) in [7, 11) is 6.73. The molecular formula is C74H105ClF6N12O13. The van der Waals surface area contributed by atoms with Crippen molar-refractivity contribution in [2.45, 2.75) is 218 Å². The molecule has 0 unspecified atom stereocenters. The molecule has 5 fully saturated rings. The second-order valence-electron chi connectivity index (χ2n) is 29.5. The number of benzene rings is 2. The van der Waals surface area contributed by atoms with E-state index in [0.29, 0.717) is 25.7 Å². The van der Waals surface area contributed by atoms with Crippen LogP contribution in [0.15, 0.2) is 42.5 Å². The standard InChI is InChI=1S/C74H105ClF6N12O13/c1-14-44(6)60-69(103)86(10)46(8)64(98)93-33-29-54(93)68(102)91(16-3)57(40-48-21-25-49(26-22-48)73(76,77)78)66(100)85(9)42-58(94)82-52(28-24-47-23-27-50(51(75)39-47)74(79,80)81)65(99)92-32-19-20-53(92)63(97)84-72(30-17-18-31-72)71(105)89(13)61(45(7)15-2)70(104)88(12)56(67(101)90-34-36-106-37-35-90)41-59(95)87(11)55(38-43(4)5)62(96)83-60/h21-23,25-27,39,43-46,52-57,60-61H,14-20,24,28-38,40-42H2,1-13H3,(H,82,94)(H,83,96)(H,84,97)/t44-,45-,46-,52-,53-,54-,55-,56-,57-,60-,61-/m0/s1. The number of amides is 12. The second-order valence-corrected chi connectivity index (χ2v) is 29.9. The third-order valence-corrected chi connectivity index (χ3v) is 22.3. The predicted octanol–water partition coefficient (Wildman–Crippen LogP) is 5.95. The molecule has 5 aliphatic rings. The van der Waals surface area contributed by atoms with Gasteiger partial charge in [-0.15, -0.1) is 0 Å². The Bertz CT molecular complexity index is 3540. The molecule has 2 aromatic rings. The molecule has 588 valence electrons. The number of likely N-dealkylation sites (N-methyl/N-ethyl adjacent to an activating group) is 6. The summed E-state index contributed by atoms with van der Waals surface area (Å²) in [5.74, 6) is -10.5. The average Bonchev–Trinajstić information content (AvgIpc) is 1.24. The Kier molecular flexibility index (Phi) is 29.1. The van der Waals surface area contributed by atoms with E-state index in [9.17, 15) is 50.3 Å². The zero-order chi connectivity index (χ0) is 78.8. The van der Waals surface area contributed by atoms with Crippen LogP contribution >= 0.6 is 11.6 Å². The maximum Gasteiger partial charge on any atom is 0.417 e. The molecule has 106 heavy (non-hydrogen) atoms. The summed E-state index contributed by atoms with van der Waals surface area (Å²) < 4.78 is 89.0. The number of halogens is 7. The topological polar surface area (TPSA) is 279 Å². The van der Waals surface area contributed by atoms with Gasteiger partial charge in [-0.25, -0.2) is 0 Å². The van der Waals surface area contributed by atoms with Crippen molar-refractivity contribution >= 4 is 82.5 Å². The summed E-state index contributed by atoms with van der Waals surface area (Å²) in [6.45, 7) is 13.1. The lowest BCUT2D eigenvalue weighted by molar-refractivity contribution is -0.161. The van der Waals surface area contributed by atoms with Gasteiger partial charge in [-0.2, -0.15) is 26.3 Å². The number of nitrogens with zero attached hydrogens (tertiary/aromatic N) is 9. The molecule has 0 aromatic heterocycles. The Morgan fingerprint density at radius 3 is 1.81 bits per heavy atom. The molecule has 4 aliphatic heterocycles. The molecule has 1 spiro atoms. The van der Waals surface area contributed by atoms with Crippen LogP contribution in [0.3, 0.4) is 0 Å². The predicted molar refractivity (Wildman–Crippen MR) is 379 cm³/mol. The lowest BCUT2D eigenvalue weighted by Crippen LogP contribution is -2.65. The number of carbonyl (C=O) groups is 12. The van der Waals surface area contributed by atoms with Gasteiger partial charge in [0.1, 0.15) is 59.9 Å². The number of carbonyl (C=O) groups excluding carboxylic acids is 12. The van der Waals surface area contributed by atoms with Gasteiger partial charge in [0.05, 0.1) is 42.3 Å². The Labute approximate surface area is 621 Å². The molecule has 11 atom stereocenters. The summed E-state index contributed by atoms with van der Waals surface area (Å²) in [5, 5.41) is 7.89. The number of nitrogens with one attached hydrogen (secondary N) is 3. The maximum atomic E-state index is 15.6. The summed E-state index contributed by atoms with van der Waals surface area (Å²) in [6, 6.07) is -5.51. The Morgan fingerprint density at radius 2 is 1.25 bits per heavy atom. The lowest BCUT2D eigenvalue weighted by Gasteiger charge is -2.45. The maximum absolute atomic E-state index is 15.6. The van der Waals surface area contributed by atoms with Crippen molar-refractivity contribution in [3.8, 4) is 0 Å². The summed E-state index contributed by atoms with van der Waals surface area (Å²) in [6.07, 6.45) is -8.94. The van der Waals surface area contributed by atoms with Crippen molar-refractivity contribution < 1.29 is 88.6 Å². The molecule has 7 rings (SSSR count). The van der Waals surface area contributed by atoms with Gasteiger partial charge in [0.2, 0.25) is 70.9 Å². The first-order valence-corrected chi connectivity index (χ1v) is 37.1. The van der Waals surface area contributed by atoms with Gasteiger partial charge < -0.3 is 64.8 Å². The molecule has 2 aromatic carbocycles. The SMILES string of the molecule is CC[C@H](C)[C@@H]1NC(=O)[C@H](CC(C)C)N(C)C(=O)C[C@@H](C(=O)N2CCOCC2)N(C)C(=O)[C@H]([C@@H](C)CC)N(C)C(=O)C2(CCCC2)NC(=O)[C@@H]2CCCN2C(=O)[C@H](CCc2ccc(C(F)(F)F)c(Cl)c2)NC(=O)CN(C)C(=O)[C@H](Cc2ccc(C(F)(F)F)cc2)N(CC)C(=O)[C@@H]2CCN2C(=O)[C@H](C)N(C)C1=O. The van der Waals surface area contributed by atoms with Crippen LogP contribution in [0.2, 0.25) is 5.02 Å². The third kappa shape index (κ3) is 19.8. The fourth-order valence-electron chi connectivity index (χ4n) is 14.9. The molecule has 3 N–H and O–H groups in total. The molecule has 1 saturated carbocycles. The smallest absolute Gasteiger partial charge is 0.378 e. The van der Waals surface area contributed by atoms with Gasteiger partial charge in [-0.1, -0.05) is 97.0 Å². The number of hydrogen-bond donors (Lipinski definition) is 3. The monoisotopic (exact) mass is 1520 g/mol. The van der Waals surface area contributed by atoms with E-state index in [2.05, 4.69) is 16.0 Å². The third-order valence-electron chi connectivity index (χ3n) is 22.0. The summed E-state index contributed by atoms with van der Waals surface area (Å²) in [5.41, 5.74) is -3.41. The van der Waals surface area contributed by atoms with Gasteiger partial charge in [-0.05, 0) is 118 Å². The Morgan fingerprint density at radius 1 is 0.642 bits per heavy atom. The van der Waals surface area contributed by atoms with E-state index in [1.54, 1.807) is 27.7 Å². The van der Waals surface area contributed by atoms with E-state index in [4.69, 9.17) is 16.3 Å².